The lowest BCUT2D eigenvalue weighted by Crippen LogP contribution is -1.99. The molecule has 2 unspecified atom stereocenters. The predicted molar refractivity (Wildman–Crippen MR) is 68.1 cm³/mol. The van der Waals surface area contributed by atoms with Gasteiger partial charge >= 0.3 is 0 Å². The van der Waals surface area contributed by atoms with Gasteiger partial charge in [-0.2, -0.15) is 0 Å². The predicted octanol–water partition coefficient (Wildman–Crippen LogP) is 4.41. The Bertz CT molecular complexity index is 356. The maximum absolute atomic E-state index is 6.48. The van der Waals surface area contributed by atoms with E-state index in [1.54, 1.807) is 0 Å². The second-order valence-corrected chi connectivity index (χ2v) is 5.67. The fourth-order valence-electron chi connectivity index (χ4n) is 2.15. The molecule has 2 atom stereocenters. The number of benzene rings is 1. The summed E-state index contributed by atoms with van der Waals surface area (Å²) < 4.78 is 5.41. The molecule has 0 aromatic heterocycles. The number of hydrogen-bond acceptors (Lipinski definition) is 1. The van der Waals surface area contributed by atoms with Crippen molar-refractivity contribution < 1.29 is 4.74 Å². The van der Waals surface area contributed by atoms with Gasteiger partial charge in [0.1, 0.15) is 5.75 Å². The molecule has 1 aliphatic rings. The number of halogens is 1. The summed E-state index contributed by atoms with van der Waals surface area (Å²) in [6.07, 6.45) is 1.23. The fraction of sp³-hybridized carbons (Fsp3) is 0.571. The smallest absolute Gasteiger partial charge is 0.119 e. The van der Waals surface area contributed by atoms with Crippen LogP contribution in [-0.4, -0.2) is 6.61 Å². The molecule has 1 aromatic carbocycles. The summed E-state index contributed by atoms with van der Waals surface area (Å²) >= 11 is 6.48. The number of alkyl halides is 1. The van der Waals surface area contributed by atoms with E-state index >= 15 is 0 Å². The lowest BCUT2D eigenvalue weighted by molar-refractivity contribution is 0.340. The van der Waals surface area contributed by atoms with Crippen LogP contribution in [0.25, 0.3) is 0 Å². The number of ether oxygens (including phenoxy) is 1. The molecule has 16 heavy (non-hydrogen) atoms. The largest absolute Gasteiger partial charge is 0.494 e. The van der Waals surface area contributed by atoms with Crippen molar-refractivity contribution in [3.05, 3.63) is 29.8 Å². The summed E-state index contributed by atoms with van der Waals surface area (Å²) in [5.74, 6) is 1.54. The summed E-state index contributed by atoms with van der Waals surface area (Å²) in [5.41, 5.74) is 1.63. The van der Waals surface area contributed by atoms with Crippen LogP contribution in [0.5, 0.6) is 5.75 Å². The van der Waals surface area contributed by atoms with Crippen LogP contribution in [0, 0.1) is 11.3 Å². The Morgan fingerprint density at radius 1 is 1.38 bits per heavy atom. The van der Waals surface area contributed by atoms with Gasteiger partial charge in [0.25, 0.3) is 0 Å². The van der Waals surface area contributed by atoms with Crippen LogP contribution >= 0.6 is 11.6 Å². The zero-order valence-corrected chi connectivity index (χ0v) is 10.9. The van der Waals surface area contributed by atoms with E-state index < -0.39 is 0 Å². The second kappa shape index (κ2) is 4.29. The first-order valence-electron chi connectivity index (χ1n) is 5.91. The number of hydrogen-bond donors (Lipinski definition) is 0. The summed E-state index contributed by atoms with van der Waals surface area (Å²) in [6.45, 7) is 7.26. The molecule has 1 fully saturated rings. The molecule has 1 saturated carbocycles. The maximum Gasteiger partial charge on any atom is 0.119 e. The Hall–Kier alpha value is -0.690. The maximum atomic E-state index is 6.48. The van der Waals surface area contributed by atoms with Crippen LogP contribution in [0.2, 0.25) is 0 Å². The fourth-order valence-corrected chi connectivity index (χ4v) is 2.73. The van der Waals surface area contributed by atoms with E-state index in [4.69, 9.17) is 16.3 Å². The van der Waals surface area contributed by atoms with Crippen molar-refractivity contribution in [3.63, 3.8) is 0 Å². The zero-order valence-electron chi connectivity index (χ0n) is 10.2. The highest BCUT2D eigenvalue weighted by Crippen LogP contribution is 2.59. The molecule has 0 spiro atoms. The van der Waals surface area contributed by atoms with E-state index in [0.717, 1.165) is 5.75 Å². The monoisotopic (exact) mass is 238 g/mol. The molecule has 1 aromatic rings. The molecule has 2 heteroatoms. The van der Waals surface area contributed by atoms with E-state index in [1.165, 1.54) is 12.0 Å². The molecule has 1 aliphatic carbocycles. The zero-order chi connectivity index (χ0) is 11.8. The molecule has 1 nitrogen and oxygen atoms in total. The van der Waals surface area contributed by atoms with Crippen molar-refractivity contribution in [2.45, 2.75) is 32.6 Å². The molecule has 0 amide bonds. The van der Waals surface area contributed by atoms with Crippen molar-refractivity contribution >= 4 is 11.6 Å². The van der Waals surface area contributed by atoms with Crippen LogP contribution in [0.3, 0.4) is 0 Å². The SMILES string of the molecule is CCOc1ccc(C(Cl)C2CC2(C)C)cc1. The summed E-state index contributed by atoms with van der Waals surface area (Å²) in [6, 6.07) is 8.17. The molecule has 88 valence electrons. The van der Waals surface area contributed by atoms with Crippen molar-refractivity contribution in [1.82, 2.24) is 0 Å². The van der Waals surface area contributed by atoms with E-state index in [-0.39, 0.29) is 5.38 Å². The Kier molecular flexibility index (Phi) is 3.16. The second-order valence-electron chi connectivity index (χ2n) is 5.20. The summed E-state index contributed by atoms with van der Waals surface area (Å²) in [5, 5.41) is 0.144. The van der Waals surface area contributed by atoms with Gasteiger partial charge in [0.2, 0.25) is 0 Å². The Morgan fingerprint density at radius 3 is 2.38 bits per heavy atom. The molecule has 0 saturated heterocycles. The van der Waals surface area contributed by atoms with Gasteiger partial charge in [-0.3, -0.25) is 0 Å². The van der Waals surface area contributed by atoms with Gasteiger partial charge < -0.3 is 4.74 Å². The van der Waals surface area contributed by atoms with Gasteiger partial charge in [0, 0.05) is 0 Å². The number of rotatable bonds is 4. The van der Waals surface area contributed by atoms with E-state index in [0.29, 0.717) is 17.9 Å². The highest BCUT2D eigenvalue weighted by molar-refractivity contribution is 6.21. The normalized spacial score (nSPS) is 23.9. The summed E-state index contributed by atoms with van der Waals surface area (Å²) in [7, 11) is 0. The Labute approximate surface area is 103 Å². The summed E-state index contributed by atoms with van der Waals surface area (Å²) in [4.78, 5) is 0. The van der Waals surface area contributed by atoms with Crippen LogP contribution in [-0.2, 0) is 0 Å². The lowest BCUT2D eigenvalue weighted by Gasteiger charge is -2.12. The first kappa shape index (κ1) is 11.8. The van der Waals surface area contributed by atoms with Gasteiger partial charge in [0.05, 0.1) is 12.0 Å². The van der Waals surface area contributed by atoms with E-state index in [1.807, 2.05) is 19.1 Å². The average Bonchev–Trinajstić information content (AvgIpc) is 2.88. The molecular formula is C14H19ClO. The molecule has 0 aliphatic heterocycles. The van der Waals surface area contributed by atoms with Crippen molar-refractivity contribution in [2.75, 3.05) is 6.61 Å². The van der Waals surface area contributed by atoms with Crippen molar-refractivity contribution in [1.29, 1.82) is 0 Å². The molecule has 2 rings (SSSR count). The minimum absolute atomic E-state index is 0.144. The quantitative estimate of drug-likeness (QED) is 0.706. The molecular weight excluding hydrogens is 220 g/mol. The first-order valence-corrected chi connectivity index (χ1v) is 6.35. The van der Waals surface area contributed by atoms with Gasteiger partial charge in [-0.05, 0) is 42.4 Å². The third-order valence-electron chi connectivity index (χ3n) is 3.45. The first-order chi connectivity index (χ1) is 7.54. The van der Waals surface area contributed by atoms with Crippen LogP contribution in [0.1, 0.15) is 38.1 Å². The molecule has 0 N–H and O–H groups in total. The minimum atomic E-state index is 0.144. The van der Waals surface area contributed by atoms with Crippen molar-refractivity contribution in [3.8, 4) is 5.75 Å². The average molecular weight is 239 g/mol. The molecule has 0 bridgehead atoms. The van der Waals surface area contributed by atoms with Gasteiger partial charge in [-0.15, -0.1) is 11.6 Å². The van der Waals surface area contributed by atoms with Gasteiger partial charge in [0.15, 0.2) is 0 Å². The Morgan fingerprint density at radius 2 is 1.94 bits per heavy atom. The van der Waals surface area contributed by atoms with Gasteiger partial charge in [-0.1, -0.05) is 26.0 Å². The van der Waals surface area contributed by atoms with Crippen LogP contribution in [0.15, 0.2) is 24.3 Å². The van der Waals surface area contributed by atoms with Crippen LogP contribution in [0.4, 0.5) is 0 Å². The highest BCUT2D eigenvalue weighted by Gasteiger charge is 2.49. The molecule has 0 heterocycles. The third kappa shape index (κ3) is 2.35. The minimum Gasteiger partial charge on any atom is -0.494 e. The molecule has 0 radical (unpaired) electrons. The van der Waals surface area contributed by atoms with Gasteiger partial charge in [-0.25, -0.2) is 0 Å². The third-order valence-corrected chi connectivity index (χ3v) is 4.01. The highest BCUT2D eigenvalue weighted by atomic mass is 35.5. The van der Waals surface area contributed by atoms with E-state index in [2.05, 4.69) is 26.0 Å². The standard InChI is InChI=1S/C14H19ClO/c1-4-16-11-7-5-10(6-8-11)13(15)12-9-14(12,2)3/h5-8,12-13H,4,9H2,1-3H3. The Balaban J connectivity index is 2.04. The van der Waals surface area contributed by atoms with E-state index in [9.17, 15) is 0 Å². The lowest BCUT2D eigenvalue weighted by atomic mass is 10.0. The topological polar surface area (TPSA) is 9.23 Å². The van der Waals surface area contributed by atoms with Crippen LogP contribution < -0.4 is 4.74 Å². The van der Waals surface area contributed by atoms with Crippen molar-refractivity contribution in [2.24, 2.45) is 11.3 Å².